The maximum Gasteiger partial charge on any atom is 0.293 e. The minimum atomic E-state index is -1.31. The molecule has 0 bridgehead atoms. The second-order valence-corrected chi connectivity index (χ2v) is 32.6. The van der Waals surface area contributed by atoms with Crippen molar-refractivity contribution in [2.45, 2.75) is 270 Å². The summed E-state index contributed by atoms with van der Waals surface area (Å²) in [5.74, 6) is 6.42. The Hall–Kier alpha value is -1.70. The van der Waals surface area contributed by atoms with E-state index in [9.17, 15) is 55.5 Å². The quantitative estimate of drug-likeness (QED) is 0.00409. The van der Waals surface area contributed by atoms with Gasteiger partial charge in [0.25, 0.3) is 6.47 Å². The highest BCUT2D eigenvalue weighted by Gasteiger charge is 2.51. The van der Waals surface area contributed by atoms with Crippen molar-refractivity contribution in [2.24, 2.45) is 81.1 Å². The molecule has 6 fully saturated rings. The van der Waals surface area contributed by atoms with Gasteiger partial charge in [0, 0.05) is 133 Å². The molecule has 22 N–H and O–H groups in total. The molecular weight excluding hydrogens is 2150 g/mol. The SMILES string of the molecule is CCC1OC(OC2C(C)CC(C)C(O)C2O)C(C)C(O)C1O.CCC1OC(OC2C(C)CC(C)C(OCc3ccc(OC)cc3)C2O)C(C)C(C)C1C.CCO.CCO.CCOc1ccc(OC)cc1.COCBr.COCN.COCN=[N+]=[N-].COCNC(=O)CCOC=O.COCSCCOCCS.I.II.NCC1OC(OC2C(N)CC(N)C(O)C2O)C(N)C(O)C1O. The minimum absolute atomic E-state index is 0. The zero-order chi connectivity index (χ0) is 99.3. The molecule has 0 spiro atoms. The number of hydrogen-bond acceptors (Lipinski definition) is 38. The van der Waals surface area contributed by atoms with Gasteiger partial charge < -0.3 is 171 Å². The number of nitrogens with one attached hydrogen (secondary N) is 1. The number of thioether (sulfide) groups is 1. The number of alkyl halides is 1. The minimum Gasteiger partial charge on any atom is -0.497 e. The second kappa shape index (κ2) is 85.3. The number of methoxy groups -OCH3 is 7. The third-order valence-electron chi connectivity index (χ3n) is 21.1. The number of nitrogens with two attached hydrogens (primary N) is 5. The van der Waals surface area contributed by atoms with Crippen LogP contribution in [0, 0.1) is 47.3 Å². The molecule has 0 radical (unpaired) electrons. The van der Waals surface area contributed by atoms with Crippen LogP contribution in [0.5, 0.6) is 17.2 Å². The highest BCUT2D eigenvalue weighted by molar-refractivity contribution is 15.0. The molecule has 3 saturated carbocycles. The van der Waals surface area contributed by atoms with Crippen LogP contribution in [-0.2, 0) is 82.5 Å². The molecule has 3 heterocycles. The largest absolute Gasteiger partial charge is 0.497 e. The number of thiol groups is 1. The van der Waals surface area contributed by atoms with Gasteiger partial charge in [0.05, 0.1) is 121 Å². The van der Waals surface area contributed by atoms with E-state index in [1.54, 1.807) is 68.1 Å². The molecule has 3 aliphatic carbocycles. The first-order valence-electron chi connectivity index (χ1n) is 43.2. The maximum absolute atomic E-state index is 11.3. The smallest absolute Gasteiger partial charge is 0.293 e. The lowest BCUT2D eigenvalue weighted by Crippen LogP contribution is -2.67. The number of nitrogens with zero attached hydrogens (tertiary/aromatic N) is 3. The van der Waals surface area contributed by atoms with Gasteiger partial charge >= 0.3 is 0 Å². The van der Waals surface area contributed by atoms with Crippen molar-refractivity contribution in [3.63, 3.8) is 0 Å². The maximum atomic E-state index is 11.3. The highest BCUT2D eigenvalue weighted by Crippen LogP contribution is 2.42. The van der Waals surface area contributed by atoms with Gasteiger partial charge in [0.15, 0.2) is 18.9 Å². The number of amides is 1. The Morgan fingerprint density at radius 3 is 1.52 bits per heavy atom. The van der Waals surface area contributed by atoms with Crippen LogP contribution in [0.25, 0.3) is 10.4 Å². The van der Waals surface area contributed by atoms with E-state index in [2.05, 4.69) is 146 Å². The summed E-state index contributed by atoms with van der Waals surface area (Å²) in [7, 11) is 11.1. The summed E-state index contributed by atoms with van der Waals surface area (Å²) < 4.78 is 89.3. The van der Waals surface area contributed by atoms with Crippen molar-refractivity contribution in [3.8, 4) is 17.2 Å². The molecule has 30 unspecified atom stereocenters. The number of rotatable bonds is 33. The predicted molar refractivity (Wildman–Crippen MR) is 534 cm³/mol. The van der Waals surface area contributed by atoms with Crippen LogP contribution in [0.15, 0.2) is 53.6 Å². The fraction of sp³-hybridized carbons (Fsp3) is 0.835. The molecule has 45 heteroatoms. The van der Waals surface area contributed by atoms with E-state index in [4.69, 9.17) is 101 Å². The van der Waals surface area contributed by atoms with Crippen molar-refractivity contribution in [1.82, 2.24) is 5.32 Å². The lowest BCUT2D eigenvalue weighted by Gasteiger charge is -2.48. The van der Waals surface area contributed by atoms with E-state index in [0.29, 0.717) is 50.2 Å². The summed E-state index contributed by atoms with van der Waals surface area (Å²) in [6.45, 7) is 30.3. The Morgan fingerprint density at radius 2 is 1.05 bits per heavy atom. The Morgan fingerprint density at radius 1 is 0.577 bits per heavy atom. The summed E-state index contributed by atoms with van der Waals surface area (Å²) in [6, 6.07) is 13.1. The molecule has 3 aliphatic heterocycles. The fourth-order valence-electron chi connectivity index (χ4n) is 13.7. The second-order valence-electron chi connectivity index (χ2n) is 30.6. The molecule has 39 nitrogen and oxygen atoms in total. The number of hydrogen-bond donors (Lipinski definition) is 18. The number of carbonyl (C=O) groups is 2. The molecule has 30 atom stereocenters. The average molecular weight is 2320 g/mol. The number of aliphatic hydroxyl groups excluding tert-OH is 11. The first-order chi connectivity index (χ1) is 61.5. The van der Waals surface area contributed by atoms with E-state index < -0.39 is 116 Å². The number of benzene rings is 2. The van der Waals surface area contributed by atoms with E-state index in [1.165, 1.54) is 14.2 Å². The van der Waals surface area contributed by atoms with Crippen molar-refractivity contribution in [1.29, 1.82) is 0 Å². The van der Waals surface area contributed by atoms with E-state index in [1.807, 2.05) is 76.2 Å². The monoisotopic (exact) mass is 2320 g/mol. The molecule has 770 valence electrons. The number of azide groups is 1. The fourth-order valence-corrected chi connectivity index (χ4v) is 14.4. The average Bonchev–Trinajstić information content (AvgIpc) is 0.796. The van der Waals surface area contributed by atoms with Gasteiger partial charge in [-0.1, -0.05) is 102 Å². The Kier molecular flexibility index (Phi) is 89.7. The van der Waals surface area contributed by atoms with Crippen LogP contribution in [0.4, 0.5) is 0 Å². The third kappa shape index (κ3) is 55.3. The van der Waals surface area contributed by atoms with Crippen LogP contribution in [0.3, 0.4) is 0 Å². The third-order valence-corrected chi connectivity index (χ3v) is 22.6. The van der Waals surface area contributed by atoms with Crippen LogP contribution < -0.4 is 48.2 Å². The normalized spacial score (nSPS) is 31.3. The lowest BCUT2D eigenvalue weighted by atomic mass is 9.76. The molecule has 2 aromatic carbocycles. The summed E-state index contributed by atoms with van der Waals surface area (Å²) >= 11 is 13.0. The van der Waals surface area contributed by atoms with Crippen molar-refractivity contribution >= 4 is 114 Å². The van der Waals surface area contributed by atoms with Gasteiger partial charge in [-0.3, -0.25) is 9.59 Å². The number of aliphatic hydroxyl groups is 11. The summed E-state index contributed by atoms with van der Waals surface area (Å²) in [4.78, 5) is 22.7. The van der Waals surface area contributed by atoms with E-state index in [-0.39, 0.29) is 137 Å². The molecule has 1 amide bonds. The standard InChI is InChI=1S/C26H42O5.C16H30O6.C12H26N4O6.C9H12O2.C6H11NO4.C6H14O2S2.C2H5BrO.C2H5N3O.C2H7NO.2C2H6O.I2.HI/c1-8-22-18(5)17(4)19(6)26(30-22)31-25-16(3)13-15(2)24(23(25)27)29-14-20-9-11-21(28-7)12-10-20;1-5-10-13(19)12(18)9(4)16(21-10)22-15-8(3)6-7(2)11(17)14(15)20;13-2-5-8(18)9(19)6(16)12(21-5)22-11-4(15)1-3(14)7(17)10(11)20;1-3-11-9-6-4-8(10-2)5-7-9;1-10-4-7-6(9)2-3-11-5-8;1-7-6-10-5-3-8-2-4-9;1-4-2-3;1-6-2-4-5-3;1-4-2-3;2*1-2-3;1-2;/h9-12,15-19,22-27H,8,13-14H2,1-7H3;7-20H,5-6H2,1-4H3;3-12,17-20H,1-2,13-16H2;4-7H,3H2,1-2H3;5H,2-4H2,1H3,(H,7,9);9H,2-6H2,1H3;2H2,1H3;2H2,1H3;2-3H2,1H3;2*3H,2H2,1H3;;1H. The van der Waals surface area contributed by atoms with Gasteiger partial charge in [-0.05, 0) is 136 Å². The van der Waals surface area contributed by atoms with Crippen molar-refractivity contribution in [3.05, 3.63) is 64.5 Å². The number of halogens is 4. The topological polar surface area (TPSA) is 604 Å². The highest BCUT2D eigenvalue weighted by atomic mass is 128. The zero-order valence-electron chi connectivity index (χ0n) is 79.7. The molecule has 3 saturated heterocycles. The lowest BCUT2D eigenvalue weighted by molar-refractivity contribution is -0.309. The van der Waals surface area contributed by atoms with Crippen LogP contribution in [0.1, 0.15) is 134 Å². The molecule has 0 aromatic heterocycles. The molecule has 130 heavy (non-hydrogen) atoms. The van der Waals surface area contributed by atoms with Crippen molar-refractivity contribution in [2.75, 3.05) is 139 Å². The van der Waals surface area contributed by atoms with Crippen molar-refractivity contribution < 1.29 is 146 Å². The van der Waals surface area contributed by atoms with E-state index >= 15 is 0 Å². The van der Waals surface area contributed by atoms with Crippen LogP contribution in [0.2, 0.25) is 0 Å². The van der Waals surface area contributed by atoms with Gasteiger partial charge in [0.1, 0.15) is 85.1 Å². The zero-order valence-corrected chi connectivity index (χ0v) is 89.6. The Balaban J connectivity index is -0.000000474. The Bertz CT molecular complexity index is 2900. The first-order valence-corrected chi connectivity index (χ1v) is 52.4. The number of carbonyl (C=O) groups excluding carboxylic acids is 2. The van der Waals surface area contributed by atoms with Gasteiger partial charge in [-0.25, -0.2) is 0 Å². The molecule has 2 aromatic rings. The summed E-state index contributed by atoms with van der Waals surface area (Å²) in [5.41, 5.74) is 36.9. The van der Waals surface area contributed by atoms with E-state index in [0.717, 1.165) is 72.7 Å². The predicted octanol–water partition coefficient (Wildman–Crippen LogP) is 6.65. The molecule has 6 aliphatic rings. The van der Waals surface area contributed by atoms with Crippen LogP contribution in [-0.4, -0.2) is 342 Å². The first kappa shape index (κ1) is 137. The number of ether oxygens (including phenoxy) is 17. The van der Waals surface area contributed by atoms with Gasteiger partial charge in [0.2, 0.25) is 5.91 Å². The van der Waals surface area contributed by atoms with Gasteiger partial charge in [-0.15, -0.1) is 35.7 Å². The summed E-state index contributed by atoms with van der Waals surface area (Å²) in [6.07, 6.45) is -11.0. The van der Waals surface area contributed by atoms with Crippen LogP contribution >= 0.6 is 102 Å². The van der Waals surface area contributed by atoms with Gasteiger partial charge in [-0.2, -0.15) is 12.6 Å². The molecule has 8 rings (SSSR count). The summed E-state index contributed by atoms with van der Waals surface area (Å²) in [5, 5.41) is 112. The molecular formula is C85H165BrI3N9O30S2. The Labute approximate surface area is 830 Å².